The Kier molecular flexibility index (Phi) is 6.99. The van der Waals surface area contributed by atoms with Gasteiger partial charge < -0.3 is 16.4 Å². The van der Waals surface area contributed by atoms with E-state index in [1.165, 1.54) is 12.8 Å². The Morgan fingerprint density at radius 3 is 2.93 bits per heavy atom. The number of fused-ring (bicyclic) bond motifs is 1. The van der Waals surface area contributed by atoms with E-state index in [1.807, 2.05) is 5.01 Å². The van der Waals surface area contributed by atoms with Gasteiger partial charge >= 0.3 is 0 Å². The molecule has 0 spiro atoms. The molecule has 0 saturated carbocycles. The van der Waals surface area contributed by atoms with E-state index in [0.29, 0.717) is 24.4 Å². The summed E-state index contributed by atoms with van der Waals surface area (Å²) in [6.07, 6.45) is 1.67. The Morgan fingerprint density at radius 2 is 2.21 bits per heavy atom. The van der Waals surface area contributed by atoms with Crippen LogP contribution in [0.4, 0.5) is 4.39 Å². The summed E-state index contributed by atoms with van der Waals surface area (Å²) in [4.78, 5) is 15.5. The second-order valence-electron chi connectivity index (χ2n) is 8.98. The monoisotopic (exact) mass is 429 g/mol. The Balaban J connectivity index is 1.46. The molecule has 0 aromatic heterocycles. The van der Waals surface area contributed by atoms with Crippen molar-refractivity contribution in [1.29, 1.82) is 0 Å². The van der Waals surface area contributed by atoms with Gasteiger partial charge in [-0.1, -0.05) is 18.9 Å². The standard InChI is InChI=1S/C19H36FN7OS/c1-3-7-26-9-13(20)10-27-19(26)15(16(21)24-27)17(28)23-18-14(11(2)25-29-18)12-5-4-6-22-8-12/h11-16,18-19,22,24-25H,3-10,21H2,1-2H3,(H,23,28). The summed E-state index contributed by atoms with van der Waals surface area (Å²) in [5.74, 6) is 0.484. The number of hydrogen-bond acceptors (Lipinski definition) is 8. The van der Waals surface area contributed by atoms with E-state index in [9.17, 15) is 9.18 Å². The molecule has 1 amide bonds. The number of hydrogen-bond donors (Lipinski definition) is 5. The Morgan fingerprint density at radius 1 is 1.38 bits per heavy atom. The van der Waals surface area contributed by atoms with Crippen molar-refractivity contribution in [2.24, 2.45) is 23.5 Å². The topological polar surface area (TPSA) is 97.7 Å². The molecular formula is C19H36FN7OS. The molecule has 0 aromatic rings. The molecule has 4 saturated heterocycles. The molecule has 4 aliphatic heterocycles. The summed E-state index contributed by atoms with van der Waals surface area (Å²) in [5, 5.41) is 8.67. The molecule has 6 N–H and O–H groups in total. The predicted molar refractivity (Wildman–Crippen MR) is 113 cm³/mol. The lowest BCUT2D eigenvalue weighted by atomic mass is 9.82. The fourth-order valence-electron chi connectivity index (χ4n) is 5.58. The molecule has 8 atom stereocenters. The molecule has 166 valence electrons. The summed E-state index contributed by atoms with van der Waals surface area (Å²) in [5.41, 5.74) is 9.48. The number of carbonyl (C=O) groups is 1. The van der Waals surface area contributed by atoms with Crippen LogP contribution in [-0.2, 0) is 4.79 Å². The first-order valence-electron chi connectivity index (χ1n) is 11.1. The summed E-state index contributed by atoms with van der Waals surface area (Å²) >= 11 is 1.62. The van der Waals surface area contributed by atoms with E-state index in [4.69, 9.17) is 5.73 Å². The van der Waals surface area contributed by atoms with Gasteiger partial charge in [-0.15, -0.1) is 0 Å². The van der Waals surface area contributed by atoms with E-state index >= 15 is 0 Å². The van der Waals surface area contributed by atoms with E-state index < -0.39 is 18.3 Å². The zero-order chi connectivity index (χ0) is 20.5. The number of hydrazine groups is 1. The average molecular weight is 430 g/mol. The highest BCUT2D eigenvalue weighted by molar-refractivity contribution is 7.98. The minimum Gasteiger partial charge on any atom is -0.342 e. The van der Waals surface area contributed by atoms with Gasteiger partial charge in [-0.05, 0) is 51.7 Å². The minimum absolute atomic E-state index is 0.0285. The van der Waals surface area contributed by atoms with Gasteiger partial charge in [0.25, 0.3) is 0 Å². The number of rotatable bonds is 5. The summed E-state index contributed by atoms with van der Waals surface area (Å²) in [6, 6.07) is 0.348. The van der Waals surface area contributed by atoms with Crippen LogP contribution in [0, 0.1) is 17.8 Å². The molecule has 29 heavy (non-hydrogen) atoms. The lowest BCUT2D eigenvalue weighted by Crippen LogP contribution is -2.61. The Hall–Kier alpha value is -0.490. The molecule has 0 bridgehead atoms. The maximum absolute atomic E-state index is 14.2. The van der Waals surface area contributed by atoms with Crippen molar-refractivity contribution in [3.63, 3.8) is 0 Å². The van der Waals surface area contributed by atoms with Gasteiger partial charge in [0.15, 0.2) is 0 Å². The number of carbonyl (C=O) groups excluding carboxylic acids is 1. The van der Waals surface area contributed by atoms with E-state index in [1.54, 1.807) is 11.9 Å². The van der Waals surface area contributed by atoms with Crippen LogP contribution in [0.3, 0.4) is 0 Å². The van der Waals surface area contributed by atoms with Crippen molar-refractivity contribution >= 4 is 17.9 Å². The highest BCUT2D eigenvalue weighted by atomic mass is 32.2. The normalized spacial score (nSPS) is 44.0. The maximum Gasteiger partial charge on any atom is 0.230 e. The van der Waals surface area contributed by atoms with Crippen molar-refractivity contribution in [2.45, 2.75) is 63.0 Å². The van der Waals surface area contributed by atoms with Crippen molar-refractivity contribution in [2.75, 3.05) is 32.7 Å². The van der Waals surface area contributed by atoms with Gasteiger partial charge in [-0.2, -0.15) is 0 Å². The third-order valence-corrected chi connectivity index (χ3v) is 8.02. The molecule has 4 fully saturated rings. The number of nitrogens with two attached hydrogens (primary N) is 1. The summed E-state index contributed by atoms with van der Waals surface area (Å²) in [6.45, 7) is 7.76. The van der Waals surface area contributed by atoms with Crippen molar-refractivity contribution in [3.05, 3.63) is 0 Å². The van der Waals surface area contributed by atoms with Gasteiger partial charge in [0, 0.05) is 25.0 Å². The quantitative estimate of drug-likeness (QED) is 0.383. The number of nitrogens with one attached hydrogen (secondary N) is 4. The zero-order valence-electron chi connectivity index (χ0n) is 17.4. The molecule has 10 heteroatoms. The zero-order valence-corrected chi connectivity index (χ0v) is 18.3. The Bertz CT molecular complexity index is 581. The lowest BCUT2D eigenvalue weighted by Gasteiger charge is -2.42. The smallest absolute Gasteiger partial charge is 0.230 e. The third-order valence-electron chi connectivity index (χ3n) is 6.83. The average Bonchev–Trinajstić information content (AvgIpc) is 3.21. The lowest BCUT2D eigenvalue weighted by molar-refractivity contribution is -0.131. The molecular weight excluding hydrogens is 393 g/mol. The second-order valence-corrected chi connectivity index (χ2v) is 9.96. The van der Waals surface area contributed by atoms with Crippen LogP contribution in [0.5, 0.6) is 0 Å². The van der Waals surface area contributed by atoms with Gasteiger partial charge in [-0.3, -0.25) is 14.4 Å². The molecule has 0 aliphatic carbocycles. The first-order valence-corrected chi connectivity index (χ1v) is 12.0. The fraction of sp³-hybridized carbons (Fsp3) is 0.947. The molecule has 8 unspecified atom stereocenters. The van der Waals surface area contributed by atoms with E-state index in [0.717, 1.165) is 26.1 Å². The summed E-state index contributed by atoms with van der Waals surface area (Å²) in [7, 11) is 0. The highest BCUT2D eigenvalue weighted by Gasteiger charge is 2.51. The SMILES string of the molecule is CCCN1CC(F)CN2NC(N)C(C(=O)NC3SNC(C)C3C3CCCNC3)C12. The summed E-state index contributed by atoms with van der Waals surface area (Å²) < 4.78 is 17.7. The van der Waals surface area contributed by atoms with Gasteiger partial charge in [0.2, 0.25) is 5.91 Å². The minimum atomic E-state index is -0.932. The third kappa shape index (κ3) is 4.44. The number of alkyl halides is 1. The fourth-order valence-corrected chi connectivity index (χ4v) is 6.89. The van der Waals surface area contributed by atoms with Gasteiger partial charge in [0.05, 0.1) is 23.6 Å². The molecule has 0 radical (unpaired) electrons. The van der Waals surface area contributed by atoms with Crippen LogP contribution < -0.4 is 26.5 Å². The largest absolute Gasteiger partial charge is 0.342 e. The molecule has 4 rings (SSSR count). The second kappa shape index (κ2) is 9.33. The van der Waals surface area contributed by atoms with Crippen LogP contribution >= 0.6 is 11.9 Å². The van der Waals surface area contributed by atoms with Crippen molar-refractivity contribution < 1.29 is 9.18 Å². The first-order chi connectivity index (χ1) is 14.0. The van der Waals surface area contributed by atoms with Crippen molar-refractivity contribution in [3.8, 4) is 0 Å². The maximum atomic E-state index is 14.2. The number of piperidine rings is 1. The van der Waals surface area contributed by atoms with Crippen molar-refractivity contribution in [1.82, 2.24) is 30.7 Å². The number of halogens is 1. The number of amides is 1. The van der Waals surface area contributed by atoms with Crippen LogP contribution in [0.15, 0.2) is 0 Å². The highest BCUT2D eigenvalue weighted by Crippen LogP contribution is 2.37. The van der Waals surface area contributed by atoms with Gasteiger partial charge in [0.1, 0.15) is 6.17 Å². The number of nitrogens with zero attached hydrogens (tertiary/aromatic N) is 2. The van der Waals surface area contributed by atoms with Gasteiger partial charge in [-0.25, -0.2) is 14.8 Å². The van der Waals surface area contributed by atoms with Crippen LogP contribution in [0.1, 0.15) is 33.1 Å². The molecule has 8 nitrogen and oxygen atoms in total. The van der Waals surface area contributed by atoms with Crippen LogP contribution in [0.2, 0.25) is 0 Å². The molecule has 4 aliphatic rings. The van der Waals surface area contributed by atoms with E-state index in [2.05, 4.69) is 39.5 Å². The van der Waals surface area contributed by atoms with Crippen LogP contribution in [-0.4, -0.2) is 78.5 Å². The predicted octanol–water partition coefficient (Wildman–Crippen LogP) is -0.205. The van der Waals surface area contributed by atoms with E-state index in [-0.39, 0.29) is 24.0 Å². The molecule has 4 heterocycles. The first kappa shape index (κ1) is 21.7. The van der Waals surface area contributed by atoms with Crippen LogP contribution in [0.25, 0.3) is 0 Å². The Labute approximate surface area is 177 Å². The molecule has 0 aromatic carbocycles.